The molecule has 1 fully saturated rings. The lowest BCUT2D eigenvalue weighted by Gasteiger charge is -2.27. The molecule has 3 atom stereocenters. The Hall–Kier alpha value is -0.160. The van der Waals surface area contributed by atoms with Crippen LogP contribution in [0.4, 0.5) is 0 Å². The fraction of sp³-hybridized carbons (Fsp3) is 1.00. The van der Waals surface area contributed by atoms with Crippen LogP contribution in [-0.2, 0) is 0 Å². The molecule has 0 saturated carbocycles. The number of nitrogens with two attached hydrogens (primary N) is 3. The summed E-state index contributed by atoms with van der Waals surface area (Å²) in [5.41, 5.74) is 17.1. The Kier molecular flexibility index (Phi) is 4.12. The highest BCUT2D eigenvalue weighted by Gasteiger charge is 2.30. The predicted octanol–water partition coefficient (Wildman–Crippen LogP) is -0.711. The molecule has 1 heterocycles. The van der Waals surface area contributed by atoms with Crippen LogP contribution in [0.15, 0.2) is 0 Å². The standard InChI is InChI=1S/C9H22N4/c1-7-4-8(5-11)6-13(7)9(12)2-3-10/h7-9H,2-6,10-12H2,1H3. The average Bonchev–Trinajstić information content (AvgIpc) is 2.47. The van der Waals surface area contributed by atoms with E-state index in [1.807, 2.05) is 0 Å². The second kappa shape index (κ2) is 4.91. The molecule has 0 aromatic carbocycles. The lowest BCUT2D eigenvalue weighted by molar-refractivity contribution is 0.183. The molecule has 3 unspecified atom stereocenters. The van der Waals surface area contributed by atoms with Crippen LogP contribution in [0.25, 0.3) is 0 Å². The van der Waals surface area contributed by atoms with E-state index in [-0.39, 0.29) is 6.17 Å². The summed E-state index contributed by atoms with van der Waals surface area (Å²) in [5, 5.41) is 0. The summed E-state index contributed by atoms with van der Waals surface area (Å²) < 4.78 is 0. The van der Waals surface area contributed by atoms with E-state index in [1.165, 1.54) is 6.42 Å². The Bertz CT molecular complexity index is 151. The zero-order valence-electron chi connectivity index (χ0n) is 8.45. The van der Waals surface area contributed by atoms with Crippen molar-refractivity contribution in [2.45, 2.75) is 32.0 Å². The van der Waals surface area contributed by atoms with E-state index in [1.54, 1.807) is 0 Å². The minimum absolute atomic E-state index is 0.122. The Morgan fingerprint density at radius 3 is 2.62 bits per heavy atom. The van der Waals surface area contributed by atoms with E-state index in [2.05, 4.69) is 11.8 Å². The second-order valence-electron chi connectivity index (χ2n) is 4.03. The van der Waals surface area contributed by atoms with Gasteiger partial charge < -0.3 is 17.2 Å². The fourth-order valence-corrected chi connectivity index (χ4v) is 2.14. The summed E-state index contributed by atoms with van der Waals surface area (Å²) >= 11 is 0. The van der Waals surface area contributed by atoms with Crippen molar-refractivity contribution < 1.29 is 0 Å². The maximum absolute atomic E-state index is 6.00. The van der Waals surface area contributed by atoms with Crippen molar-refractivity contribution >= 4 is 0 Å². The first-order chi connectivity index (χ1) is 6.19. The summed E-state index contributed by atoms with van der Waals surface area (Å²) in [6, 6.07) is 0.565. The Morgan fingerprint density at radius 1 is 1.46 bits per heavy atom. The Balaban J connectivity index is 2.41. The lowest BCUT2D eigenvalue weighted by atomic mass is 10.1. The zero-order valence-corrected chi connectivity index (χ0v) is 8.45. The smallest absolute Gasteiger partial charge is 0.0586 e. The van der Waals surface area contributed by atoms with Crippen molar-refractivity contribution in [3.8, 4) is 0 Å². The van der Waals surface area contributed by atoms with Crippen LogP contribution in [0.1, 0.15) is 19.8 Å². The minimum Gasteiger partial charge on any atom is -0.330 e. The molecule has 0 amide bonds. The van der Waals surface area contributed by atoms with E-state index in [0.717, 1.165) is 19.5 Å². The van der Waals surface area contributed by atoms with Gasteiger partial charge in [0.15, 0.2) is 0 Å². The number of nitrogens with zero attached hydrogens (tertiary/aromatic N) is 1. The molecule has 4 nitrogen and oxygen atoms in total. The van der Waals surface area contributed by atoms with Crippen LogP contribution >= 0.6 is 0 Å². The van der Waals surface area contributed by atoms with Crippen molar-refractivity contribution in [2.75, 3.05) is 19.6 Å². The van der Waals surface area contributed by atoms with Crippen LogP contribution in [-0.4, -0.2) is 36.7 Å². The number of likely N-dealkylation sites (tertiary alicyclic amines) is 1. The van der Waals surface area contributed by atoms with Crippen molar-refractivity contribution in [3.05, 3.63) is 0 Å². The molecule has 6 N–H and O–H groups in total. The van der Waals surface area contributed by atoms with Crippen molar-refractivity contribution in [3.63, 3.8) is 0 Å². The number of hydrogen-bond donors (Lipinski definition) is 3. The van der Waals surface area contributed by atoms with Crippen LogP contribution in [0.3, 0.4) is 0 Å². The lowest BCUT2D eigenvalue weighted by Crippen LogP contribution is -2.45. The van der Waals surface area contributed by atoms with Crippen LogP contribution < -0.4 is 17.2 Å². The molecule has 0 bridgehead atoms. The summed E-state index contributed by atoms with van der Waals surface area (Å²) in [5.74, 6) is 0.624. The Labute approximate surface area is 80.4 Å². The van der Waals surface area contributed by atoms with Gasteiger partial charge in [0, 0.05) is 12.6 Å². The van der Waals surface area contributed by atoms with Crippen molar-refractivity contribution in [1.29, 1.82) is 0 Å². The van der Waals surface area contributed by atoms with Gasteiger partial charge >= 0.3 is 0 Å². The quantitative estimate of drug-likeness (QED) is 0.542. The Morgan fingerprint density at radius 2 is 2.15 bits per heavy atom. The van der Waals surface area contributed by atoms with E-state index >= 15 is 0 Å². The van der Waals surface area contributed by atoms with Gasteiger partial charge in [-0.25, -0.2) is 0 Å². The summed E-state index contributed by atoms with van der Waals surface area (Å²) in [7, 11) is 0. The molecule has 1 saturated heterocycles. The maximum atomic E-state index is 6.00. The molecule has 78 valence electrons. The molecule has 1 aliphatic rings. The molecule has 0 spiro atoms. The van der Waals surface area contributed by atoms with E-state index in [4.69, 9.17) is 17.2 Å². The van der Waals surface area contributed by atoms with Crippen LogP contribution in [0.2, 0.25) is 0 Å². The van der Waals surface area contributed by atoms with Gasteiger partial charge in [0.2, 0.25) is 0 Å². The fourth-order valence-electron chi connectivity index (χ4n) is 2.14. The highest BCUT2D eigenvalue weighted by Crippen LogP contribution is 2.23. The monoisotopic (exact) mass is 186 g/mol. The SMILES string of the molecule is CC1CC(CN)CN1C(N)CCN. The first kappa shape index (κ1) is 10.9. The molecule has 0 radical (unpaired) electrons. The third kappa shape index (κ3) is 2.64. The molecule has 0 aromatic heterocycles. The highest BCUT2D eigenvalue weighted by molar-refractivity contribution is 4.85. The molecule has 0 aromatic rings. The van der Waals surface area contributed by atoms with E-state index in [0.29, 0.717) is 18.5 Å². The van der Waals surface area contributed by atoms with E-state index < -0.39 is 0 Å². The van der Waals surface area contributed by atoms with Crippen molar-refractivity contribution in [1.82, 2.24) is 4.90 Å². The average molecular weight is 186 g/mol. The largest absolute Gasteiger partial charge is 0.330 e. The molecule has 0 aliphatic carbocycles. The minimum atomic E-state index is 0.122. The van der Waals surface area contributed by atoms with Gasteiger partial charge in [-0.15, -0.1) is 0 Å². The summed E-state index contributed by atoms with van der Waals surface area (Å²) in [6.07, 6.45) is 2.17. The predicted molar refractivity (Wildman–Crippen MR) is 55.0 cm³/mol. The van der Waals surface area contributed by atoms with E-state index in [9.17, 15) is 0 Å². The summed E-state index contributed by atoms with van der Waals surface area (Å²) in [6.45, 7) is 4.69. The normalized spacial score (nSPS) is 32.3. The third-order valence-corrected chi connectivity index (χ3v) is 2.93. The number of hydrogen-bond acceptors (Lipinski definition) is 4. The van der Waals surface area contributed by atoms with Crippen LogP contribution in [0, 0.1) is 5.92 Å². The first-order valence-corrected chi connectivity index (χ1v) is 5.10. The van der Waals surface area contributed by atoms with Gasteiger partial charge in [0.05, 0.1) is 6.17 Å². The zero-order chi connectivity index (χ0) is 9.84. The van der Waals surface area contributed by atoms with Crippen LogP contribution in [0.5, 0.6) is 0 Å². The van der Waals surface area contributed by atoms with Gasteiger partial charge in [-0.1, -0.05) is 0 Å². The number of rotatable bonds is 4. The molecule has 1 aliphatic heterocycles. The van der Waals surface area contributed by atoms with Gasteiger partial charge in [0.1, 0.15) is 0 Å². The molecule has 4 heteroatoms. The summed E-state index contributed by atoms with van der Waals surface area (Å²) in [4.78, 5) is 2.32. The molecule has 13 heavy (non-hydrogen) atoms. The second-order valence-corrected chi connectivity index (χ2v) is 4.03. The topological polar surface area (TPSA) is 81.3 Å². The van der Waals surface area contributed by atoms with Crippen molar-refractivity contribution in [2.24, 2.45) is 23.1 Å². The first-order valence-electron chi connectivity index (χ1n) is 5.10. The third-order valence-electron chi connectivity index (χ3n) is 2.93. The van der Waals surface area contributed by atoms with Gasteiger partial charge in [0.25, 0.3) is 0 Å². The molecule has 1 rings (SSSR count). The molecular formula is C9H22N4. The highest BCUT2D eigenvalue weighted by atomic mass is 15.3. The van der Waals surface area contributed by atoms with Gasteiger partial charge in [-0.3, -0.25) is 4.90 Å². The maximum Gasteiger partial charge on any atom is 0.0586 e. The molecular weight excluding hydrogens is 164 g/mol. The van der Waals surface area contributed by atoms with Gasteiger partial charge in [-0.2, -0.15) is 0 Å². The van der Waals surface area contributed by atoms with Gasteiger partial charge in [-0.05, 0) is 38.8 Å².